The van der Waals surface area contributed by atoms with Crippen LogP contribution in [0.25, 0.3) is 0 Å². The summed E-state index contributed by atoms with van der Waals surface area (Å²) in [6.45, 7) is 8.24. The monoisotopic (exact) mass is 242 g/mol. The van der Waals surface area contributed by atoms with Gasteiger partial charge in [-0.2, -0.15) is 5.10 Å². The highest BCUT2D eigenvalue weighted by molar-refractivity contribution is 8.00. The zero-order valence-corrected chi connectivity index (χ0v) is 11.0. The minimum atomic E-state index is -0.781. The average Bonchev–Trinajstić information content (AvgIpc) is 2.56. The van der Waals surface area contributed by atoms with Gasteiger partial charge in [-0.25, -0.2) is 0 Å². The third kappa shape index (κ3) is 3.01. The highest BCUT2D eigenvalue weighted by Gasteiger charge is 2.27. The molecule has 0 radical (unpaired) electrons. The van der Waals surface area contributed by atoms with E-state index in [-0.39, 0.29) is 0 Å². The first-order valence-corrected chi connectivity index (χ1v) is 6.26. The quantitative estimate of drug-likeness (QED) is 0.861. The minimum absolute atomic E-state index is 0.675. The van der Waals surface area contributed by atoms with Crippen LogP contribution >= 0.6 is 11.8 Å². The third-order valence-electron chi connectivity index (χ3n) is 2.38. The summed E-state index contributed by atoms with van der Waals surface area (Å²) < 4.78 is 1.16. The Hall–Kier alpha value is -0.970. The predicted molar refractivity (Wildman–Crippen MR) is 65.6 cm³/mol. The second-order valence-electron chi connectivity index (χ2n) is 4.20. The molecule has 90 valence electrons. The van der Waals surface area contributed by atoms with Gasteiger partial charge in [-0.05, 0) is 33.8 Å². The number of hydrogen-bond acceptors (Lipinski definition) is 3. The summed E-state index contributed by atoms with van der Waals surface area (Å²) >= 11 is 1.42. The molecular formula is C11H18N2O2S. The van der Waals surface area contributed by atoms with Crippen LogP contribution in [-0.4, -0.2) is 25.6 Å². The van der Waals surface area contributed by atoms with E-state index in [1.54, 1.807) is 13.8 Å². The molecule has 0 bridgehead atoms. The first-order valence-electron chi connectivity index (χ1n) is 5.27. The molecular weight excluding hydrogens is 224 g/mol. The van der Waals surface area contributed by atoms with Gasteiger partial charge in [0.2, 0.25) is 0 Å². The molecule has 0 aliphatic rings. The molecule has 1 aromatic heterocycles. The van der Waals surface area contributed by atoms with Gasteiger partial charge < -0.3 is 5.11 Å². The zero-order chi connectivity index (χ0) is 12.3. The molecule has 0 aliphatic carbocycles. The Morgan fingerprint density at radius 2 is 2.25 bits per heavy atom. The van der Waals surface area contributed by atoms with Crippen molar-refractivity contribution in [2.24, 2.45) is 0 Å². The Bertz CT molecular complexity index is 385. The second kappa shape index (κ2) is 4.91. The van der Waals surface area contributed by atoms with Gasteiger partial charge in [-0.1, -0.05) is 0 Å². The lowest BCUT2D eigenvalue weighted by atomic mass is 10.2. The summed E-state index contributed by atoms with van der Waals surface area (Å²) in [4.78, 5) is 11.0. The summed E-state index contributed by atoms with van der Waals surface area (Å²) in [5, 5.41) is 13.3. The third-order valence-corrected chi connectivity index (χ3v) is 3.72. The Morgan fingerprint density at radius 1 is 1.62 bits per heavy atom. The van der Waals surface area contributed by atoms with Crippen molar-refractivity contribution < 1.29 is 9.90 Å². The van der Waals surface area contributed by atoms with Crippen LogP contribution < -0.4 is 0 Å². The van der Waals surface area contributed by atoms with Crippen molar-refractivity contribution >= 4 is 17.7 Å². The van der Waals surface area contributed by atoms with Crippen molar-refractivity contribution in [3.8, 4) is 0 Å². The summed E-state index contributed by atoms with van der Waals surface area (Å²) in [7, 11) is 0. The van der Waals surface area contributed by atoms with E-state index >= 15 is 0 Å². The van der Waals surface area contributed by atoms with Crippen LogP contribution in [0.5, 0.6) is 0 Å². The molecule has 0 saturated carbocycles. The molecule has 4 nitrogen and oxygen atoms in total. The lowest BCUT2D eigenvalue weighted by Gasteiger charge is -2.18. The molecule has 0 fully saturated rings. The SMILES string of the molecule is CCn1nc(C)cc1CSC(C)(C)C(=O)O. The summed E-state index contributed by atoms with van der Waals surface area (Å²) in [5.74, 6) is -0.106. The highest BCUT2D eigenvalue weighted by Crippen LogP contribution is 2.28. The lowest BCUT2D eigenvalue weighted by Crippen LogP contribution is -2.27. The number of nitrogens with zero attached hydrogens (tertiary/aromatic N) is 2. The number of carboxylic acids is 1. The van der Waals surface area contributed by atoms with Gasteiger partial charge in [-0.3, -0.25) is 9.48 Å². The smallest absolute Gasteiger partial charge is 0.319 e. The molecule has 0 unspecified atom stereocenters. The fraction of sp³-hybridized carbons (Fsp3) is 0.636. The molecule has 5 heteroatoms. The minimum Gasteiger partial charge on any atom is -0.480 e. The molecule has 0 aliphatic heterocycles. The standard InChI is InChI=1S/C11H18N2O2S/c1-5-13-9(6-8(2)12-13)7-16-11(3,4)10(14)15/h6H,5,7H2,1-4H3,(H,14,15). The van der Waals surface area contributed by atoms with Gasteiger partial charge in [0.15, 0.2) is 0 Å². The van der Waals surface area contributed by atoms with Crippen molar-refractivity contribution in [2.45, 2.75) is 44.7 Å². The largest absolute Gasteiger partial charge is 0.480 e. The molecule has 0 atom stereocenters. The number of hydrogen-bond donors (Lipinski definition) is 1. The van der Waals surface area contributed by atoms with Crippen molar-refractivity contribution in [1.82, 2.24) is 9.78 Å². The summed E-state index contributed by atoms with van der Waals surface area (Å²) in [6, 6.07) is 2.01. The van der Waals surface area contributed by atoms with Crippen molar-refractivity contribution in [3.63, 3.8) is 0 Å². The molecule has 1 aromatic rings. The van der Waals surface area contributed by atoms with Crippen LogP contribution in [0.1, 0.15) is 32.2 Å². The molecule has 16 heavy (non-hydrogen) atoms. The van der Waals surface area contributed by atoms with Crippen LogP contribution in [0.3, 0.4) is 0 Å². The lowest BCUT2D eigenvalue weighted by molar-refractivity contribution is -0.138. The van der Waals surface area contributed by atoms with Gasteiger partial charge in [0.05, 0.1) is 5.69 Å². The Labute approximate surface area is 100 Å². The molecule has 0 spiro atoms. The summed E-state index contributed by atoms with van der Waals surface area (Å²) in [5.41, 5.74) is 2.06. The first-order chi connectivity index (χ1) is 7.36. The Morgan fingerprint density at radius 3 is 2.75 bits per heavy atom. The van der Waals surface area contributed by atoms with E-state index in [1.807, 2.05) is 24.6 Å². The average molecular weight is 242 g/mol. The maximum Gasteiger partial charge on any atom is 0.319 e. The van der Waals surface area contributed by atoms with Crippen LogP contribution in [0.4, 0.5) is 0 Å². The van der Waals surface area contributed by atoms with Crippen molar-refractivity contribution in [2.75, 3.05) is 0 Å². The van der Waals surface area contributed by atoms with Crippen molar-refractivity contribution in [3.05, 3.63) is 17.5 Å². The van der Waals surface area contributed by atoms with Gasteiger partial charge in [-0.15, -0.1) is 11.8 Å². The number of aromatic nitrogens is 2. The molecule has 1 rings (SSSR count). The Balaban J connectivity index is 2.71. The van der Waals surface area contributed by atoms with E-state index in [1.165, 1.54) is 11.8 Å². The number of carboxylic acid groups (broad SMARTS) is 1. The van der Waals surface area contributed by atoms with Crippen molar-refractivity contribution in [1.29, 1.82) is 0 Å². The summed E-state index contributed by atoms with van der Waals surface area (Å²) in [6.07, 6.45) is 0. The van der Waals surface area contributed by atoms with E-state index in [9.17, 15) is 4.79 Å². The van der Waals surface area contributed by atoms with E-state index in [4.69, 9.17) is 5.11 Å². The predicted octanol–water partition coefficient (Wildman–Crippen LogP) is 2.31. The van der Waals surface area contributed by atoms with Gasteiger partial charge in [0.25, 0.3) is 0 Å². The second-order valence-corrected chi connectivity index (χ2v) is 5.79. The fourth-order valence-electron chi connectivity index (χ4n) is 1.31. The fourth-order valence-corrected chi connectivity index (χ4v) is 2.17. The Kier molecular flexibility index (Phi) is 4.02. The topological polar surface area (TPSA) is 55.1 Å². The van der Waals surface area contributed by atoms with Crippen LogP contribution in [0.15, 0.2) is 6.07 Å². The molecule has 0 amide bonds. The van der Waals surface area contributed by atoms with E-state index in [0.29, 0.717) is 5.75 Å². The maximum atomic E-state index is 11.0. The van der Waals surface area contributed by atoms with Crippen LogP contribution in [0.2, 0.25) is 0 Å². The molecule has 1 N–H and O–H groups in total. The highest BCUT2D eigenvalue weighted by atomic mass is 32.2. The molecule has 0 aromatic carbocycles. The van der Waals surface area contributed by atoms with Gasteiger partial charge >= 0.3 is 5.97 Å². The molecule has 0 saturated heterocycles. The number of aliphatic carboxylic acids is 1. The normalized spacial score (nSPS) is 11.8. The van der Waals surface area contributed by atoms with E-state index in [0.717, 1.165) is 17.9 Å². The van der Waals surface area contributed by atoms with E-state index < -0.39 is 10.7 Å². The first kappa shape index (κ1) is 13.1. The van der Waals surface area contributed by atoms with Crippen LogP contribution in [-0.2, 0) is 17.1 Å². The maximum absolute atomic E-state index is 11.0. The zero-order valence-electron chi connectivity index (χ0n) is 10.1. The molecule has 1 heterocycles. The number of aryl methyl sites for hydroxylation is 2. The van der Waals surface area contributed by atoms with Gasteiger partial charge in [0.1, 0.15) is 4.75 Å². The number of rotatable bonds is 5. The number of thioether (sulfide) groups is 1. The van der Waals surface area contributed by atoms with E-state index in [2.05, 4.69) is 5.10 Å². The van der Waals surface area contributed by atoms with Gasteiger partial charge in [0, 0.05) is 18.0 Å². The van der Waals surface area contributed by atoms with Crippen LogP contribution in [0, 0.1) is 6.92 Å². The number of carbonyl (C=O) groups is 1.